The van der Waals surface area contributed by atoms with Crippen molar-refractivity contribution in [2.75, 3.05) is 39.4 Å². The minimum absolute atomic E-state index is 0.0947. The van der Waals surface area contributed by atoms with E-state index in [4.69, 9.17) is 4.74 Å². The second kappa shape index (κ2) is 9.04. The van der Waals surface area contributed by atoms with Crippen molar-refractivity contribution in [2.45, 2.75) is 38.6 Å². The Morgan fingerprint density at radius 1 is 1.16 bits per heavy atom. The minimum atomic E-state index is -0.0947. The molecule has 0 unspecified atom stereocenters. The van der Waals surface area contributed by atoms with Crippen LogP contribution in [0.1, 0.15) is 36.9 Å². The number of aryl methyl sites for hydroxylation is 1. The van der Waals surface area contributed by atoms with Gasteiger partial charge >= 0.3 is 0 Å². The van der Waals surface area contributed by atoms with Crippen molar-refractivity contribution in [1.82, 2.24) is 19.8 Å². The van der Waals surface area contributed by atoms with Gasteiger partial charge in [0.05, 0.1) is 19.3 Å². The van der Waals surface area contributed by atoms with E-state index < -0.39 is 0 Å². The van der Waals surface area contributed by atoms with Gasteiger partial charge in [-0.05, 0) is 56.5 Å². The monoisotopic (exact) mass is 432 g/mol. The summed E-state index contributed by atoms with van der Waals surface area (Å²) < 4.78 is 5.47. The zero-order chi connectivity index (χ0) is 22.1. The molecule has 32 heavy (non-hydrogen) atoms. The van der Waals surface area contributed by atoms with E-state index in [1.165, 1.54) is 27.8 Å². The molecule has 1 N–H and O–H groups in total. The first-order chi connectivity index (χ1) is 15.6. The minimum Gasteiger partial charge on any atom is -0.379 e. The quantitative estimate of drug-likeness (QED) is 0.678. The molecule has 168 valence electrons. The van der Waals surface area contributed by atoms with Crippen LogP contribution >= 0.6 is 0 Å². The van der Waals surface area contributed by atoms with Gasteiger partial charge in [0.2, 0.25) is 5.91 Å². The van der Waals surface area contributed by atoms with Gasteiger partial charge in [-0.1, -0.05) is 11.6 Å². The lowest BCUT2D eigenvalue weighted by Crippen LogP contribution is -2.52. The van der Waals surface area contributed by atoms with Gasteiger partial charge in [-0.3, -0.25) is 14.7 Å². The summed E-state index contributed by atoms with van der Waals surface area (Å²) >= 11 is 0. The molecule has 6 nitrogen and oxygen atoms in total. The van der Waals surface area contributed by atoms with Crippen LogP contribution in [0, 0.1) is 6.92 Å². The number of piperidine rings is 1. The fraction of sp³-hybridized carbons (Fsp3) is 0.462. The number of aromatic amines is 1. The molecule has 2 atom stereocenters. The highest BCUT2D eigenvalue weighted by atomic mass is 16.5. The van der Waals surface area contributed by atoms with Crippen molar-refractivity contribution in [3.05, 3.63) is 54.0 Å². The highest BCUT2D eigenvalue weighted by Gasteiger charge is 2.32. The molecule has 0 bridgehead atoms. The third kappa shape index (κ3) is 4.05. The summed E-state index contributed by atoms with van der Waals surface area (Å²) in [5.41, 5.74) is 6.08. The number of hydrogen-bond acceptors (Lipinski definition) is 4. The molecule has 2 aromatic heterocycles. The van der Waals surface area contributed by atoms with E-state index in [1.54, 1.807) is 0 Å². The summed E-state index contributed by atoms with van der Waals surface area (Å²) in [6, 6.07) is 10.7. The number of pyridine rings is 1. The number of carbonyl (C=O) groups excluding carboxylic acids is 1. The maximum atomic E-state index is 13.4. The van der Waals surface area contributed by atoms with Gasteiger partial charge in [0.15, 0.2) is 0 Å². The normalized spacial score (nSPS) is 21.1. The number of carbonyl (C=O) groups is 1. The topological polar surface area (TPSA) is 61.5 Å². The molecule has 0 radical (unpaired) electrons. The number of fused-ring (bicyclic) bond motifs is 1. The molecule has 2 aliphatic heterocycles. The van der Waals surface area contributed by atoms with Crippen molar-refractivity contribution in [1.29, 1.82) is 0 Å². The van der Waals surface area contributed by atoms with E-state index in [2.05, 4.69) is 57.0 Å². The van der Waals surface area contributed by atoms with Gasteiger partial charge in [0.25, 0.3) is 0 Å². The Kier molecular flexibility index (Phi) is 5.98. The van der Waals surface area contributed by atoms with Crippen LogP contribution in [-0.4, -0.2) is 71.1 Å². The molecular weight excluding hydrogens is 400 g/mol. The summed E-state index contributed by atoms with van der Waals surface area (Å²) in [6.45, 7) is 8.87. The lowest BCUT2D eigenvalue weighted by atomic mass is 9.89. The zero-order valence-electron chi connectivity index (χ0n) is 19.0. The number of hydrogen-bond donors (Lipinski definition) is 1. The molecule has 2 aliphatic rings. The van der Waals surface area contributed by atoms with Crippen LogP contribution in [0.5, 0.6) is 0 Å². The van der Waals surface area contributed by atoms with E-state index in [0.717, 1.165) is 44.5 Å². The van der Waals surface area contributed by atoms with Crippen LogP contribution < -0.4 is 0 Å². The Morgan fingerprint density at radius 3 is 2.72 bits per heavy atom. The SMILES string of the molecule is Cc1ccc2[nH]c([C@H]3CCCN(C(=O)[C@@H](C)N4CCOCC4)C3)c(-c3ccncc3)c2c1. The van der Waals surface area contributed by atoms with Crippen molar-refractivity contribution in [2.24, 2.45) is 0 Å². The number of ether oxygens (including phenoxy) is 1. The highest BCUT2D eigenvalue weighted by Crippen LogP contribution is 2.39. The maximum absolute atomic E-state index is 13.4. The van der Waals surface area contributed by atoms with E-state index in [-0.39, 0.29) is 11.9 Å². The molecule has 2 fully saturated rings. The van der Waals surface area contributed by atoms with Gasteiger partial charge in [-0.15, -0.1) is 0 Å². The fourth-order valence-electron chi connectivity index (χ4n) is 5.26. The summed E-state index contributed by atoms with van der Waals surface area (Å²) in [5.74, 6) is 0.537. The zero-order valence-corrected chi connectivity index (χ0v) is 19.0. The Morgan fingerprint density at radius 2 is 1.94 bits per heavy atom. The molecule has 0 saturated carbocycles. The average molecular weight is 433 g/mol. The van der Waals surface area contributed by atoms with E-state index >= 15 is 0 Å². The number of H-pyrrole nitrogens is 1. The summed E-state index contributed by atoms with van der Waals surface area (Å²) in [4.78, 5) is 25.7. The molecule has 0 spiro atoms. The molecule has 3 aromatic rings. The Labute approximate surface area is 189 Å². The van der Waals surface area contributed by atoms with Gasteiger partial charge in [0.1, 0.15) is 0 Å². The second-order valence-electron chi connectivity index (χ2n) is 9.15. The average Bonchev–Trinajstić information content (AvgIpc) is 3.23. The molecule has 4 heterocycles. The molecular formula is C26H32N4O2. The smallest absolute Gasteiger partial charge is 0.239 e. The van der Waals surface area contributed by atoms with Crippen LogP contribution in [0.15, 0.2) is 42.7 Å². The number of likely N-dealkylation sites (tertiary alicyclic amines) is 1. The predicted octanol–water partition coefficient (Wildman–Crippen LogP) is 3.97. The Hall–Kier alpha value is -2.70. The number of benzene rings is 1. The van der Waals surface area contributed by atoms with Crippen molar-refractivity contribution >= 4 is 16.8 Å². The largest absolute Gasteiger partial charge is 0.379 e. The van der Waals surface area contributed by atoms with E-state index in [1.807, 2.05) is 19.3 Å². The fourth-order valence-corrected chi connectivity index (χ4v) is 5.26. The summed E-state index contributed by atoms with van der Waals surface area (Å²) in [6.07, 6.45) is 5.82. The van der Waals surface area contributed by atoms with Crippen LogP contribution in [0.2, 0.25) is 0 Å². The van der Waals surface area contributed by atoms with Gasteiger partial charge < -0.3 is 14.6 Å². The van der Waals surface area contributed by atoms with Crippen molar-refractivity contribution in [3.63, 3.8) is 0 Å². The Bertz CT molecular complexity index is 1090. The van der Waals surface area contributed by atoms with Gasteiger partial charge in [-0.25, -0.2) is 0 Å². The number of rotatable bonds is 4. The molecule has 6 heteroatoms. The number of nitrogens with one attached hydrogen (secondary N) is 1. The Balaban J connectivity index is 1.45. The first-order valence-electron chi connectivity index (χ1n) is 11.7. The summed E-state index contributed by atoms with van der Waals surface area (Å²) in [7, 11) is 0. The highest BCUT2D eigenvalue weighted by molar-refractivity contribution is 5.98. The van der Waals surface area contributed by atoms with Gasteiger partial charge in [0, 0.05) is 66.7 Å². The molecule has 1 aromatic carbocycles. The lowest BCUT2D eigenvalue weighted by molar-refractivity contribution is -0.139. The molecule has 2 saturated heterocycles. The number of aromatic nitrogens is 2. The van der Waals surface area contributed by atoms with Crippen molar-refractivity contribution in [3.8, 4) is 11.1 Å². The second-order valence-corrected chi connectivity index (χ2v) is 9.15. The number of morpholine rings is 1. The first kappa shape index (κ1) is 21.2. The first-order valence-corrected chi connectivity index (χ1v) is 11.7. The molecule has 0 aliphatic carbocycles. The van der Waals surface area contributed by atoms with E-state index in [0.29, 0.717) is 19.1 Å². The van der Waals surface area contributed by atoms with Crippen LogP contribution in [0.25, 0.3) is 22.0 Å². The lowest BCUT2D eigenvalue weighted by Gasteiger charge is -2.38. The molecule has 1 amide bonds. The molecule has 5 rings (SSSR count). The third-order valence-corrected chi connectivity index (χ3v) is 7.04. The maximum Gasteiger partial charge on any atom is 0.239 e. The number of amides is 1. The third-order valence-electron chi connectivity index (χ3n) is 7.04. The van der Waals surface area contributed by atoms with Crippen LogP contribution in [-0.2, 0) is 9.53 Å². The summed E-state index contributed by atoms with van der Waals surface area (Å²) in [5, 5.41) is 1.25. The predicted molar refractivity (Wildman–Crippen MR) is 127 cm³/mol. The van der Waals surface area contributed by atoms with Crippen LogP contribution in [0.4, 0.5) is 0 Å². The van der Waals surface area contributed by atoms with Gasteiger partial charge in [-0.2, -0.15) is 0 Å². The van der Waals surface area contributed by atoms with E-state index in [9.17, 15) is 4.79 Å². The van der Waals surface area contributed by atoms with Crippen molar-refractivity contribution < 1.29 is 9.53 Å². The number of nitrogens with zero attached hydrogens (tertiary/aromatic N) is 3. The van der Waals surface area contributed by atoms with Crippen LogP contribution in [0.3, 0.4) is 0 Å². The standard InChI is InChI=1S/C26H32N4O2/c1-18-5-6-23-22(16-18)24(20-7-9-27-10-8-20)25(28-23)21-4-3-11-30(17-21)26(31)19(2)29-12-14-32-15-13-29/h5-10,16,19,21,28H,3-4,11-15,17H2,1-2H3/t19-,21+/m1/s1.